The van der Waals surface area contributed by atoms with Crippen LogP contribution in [0.3, 0.4) is 0 Å². The molecule has 2 heterocycles. The third kappa shape index (κ3) is 3.75. The Labute approximate surface area is 135 Å². The molecule has 1 saturated heterocycles. The maximum Gasteiger partial charge on any atom is 0.281 e. The molecule has 1 fully saturated rings. The molecule has 0 bridgehead atoms. The van der Waals surface area contributed by atoms with E-state index in [1.54, 1.807) is 17.0 Å². The Morgan fingerprint density at radius 1 is 1.23 bits per heavy atom. The highest BCUT2D eigenvalue weighted by atomic mass is 35.5. The summed E-state index contributed by atoms with van der Waals surface area (Å²) in [5, 5.41) is 0.468. The van der Waals surface area contributed by atoms with Gasteiger partial charge in [0.15, 0.2) is 0 Å². The SMILES string of the molecule is CN(C)S(=O)(=O)N1CCCN(C(=O)c2ccc(Cl)cn2)CC1. The number of aromatic nitrogens is 1. The molecule has 122 valence electrons. The molecular formula is C13H19ClN4O3S. The minimum Gasteiger partial charge on any atom is -0.336 e. The van der Waals surface area contributed by atoms with Crippen LogP contribution in [-0.4, -0.2) is 73.1 Å². The van der Waals surface area contributed by atoms with E-state index in [2.05, 4.69) is 4.98 Å². The van der Waals surface area contributed by atoms with Crippen molar-refractivity contribution in [3.05, 3.63) is 29.0 Å². The Balaban J connectivity index is 2.07. The van der Waals surface area contributed by atoms with Crippen LogP contribution in [0.15, 0.2) is 18.3 Å². The first-order chi connectivity index (χ1) is 10.3. The van der Waals surface area contributed by atoms with Gasteiger partial charge in [0.25, 0.3) is 16.1 Å². The second kappa shape index (κ2) is 6.91. The number of halogens is 1. The average Bonchev–Trinajstić information content (AvgIpc) is 2.73. The van der Waals surface area contributed by atoms with Crippen molar-refractivity contribution in [2.24, 2.45) is 0 Å². The van der Waals surface area contributed by atoms with Crippen LogP contribution < -0.4 is 0 Å². The zero-order chi connectivity index (χ0) is 16.3. The molecule has 1 aromatic rings. The third-order valence-corrected chi connectivity index (χ3v) is 5.64. The van der Waals surface area contributed by atoms with E-state index in [0.717, 1.165) is 0 Å². The summed E-state index contributed by atoms with van der Waals surface area (Å²) in [5.74, 6) is -0.208. The van der Waals surface area contributed by atoms with Gasteiger partial charge in [0.1, 0.15) is 5.69 Å². The predicted octanol–water partition coefficient (Wildman–Crippen LogP) is 0.689. The second-order valence-electron chi connectivity index (χ2n) is 5.20. The molecule has 1 aliphatic heterocycles. The fraction of sp³-hybridized carbons (Fsp3) is 0.538. The standard InChI is InChI=1S/C13H19ClN4O3S/c1-16(2)22(20,21)18-7-3-6-17(8-9-18)13(19)12-5-4-11(14)10-15-12/h4-5,10H,3,6-9H2,1-2H3. The zero-order valence-corrected chi connectivity index (χ0v) is 14.1. The van der Waals surface area contributed by atoms with Crippen LogP contribution >= 0.6 is 11.6 Å². The molecule has 0 unspecified atom stereocenters. The lowest BCUT2D eigenvalue weighted by molar-refractivity contribution is 0.0758. The topological polar surface area (TPSA) is 73.8 Å². The van der Waals surface area contributed by atoms with Crippen LogP contribution in [0, 0.1) is 0 Å². The largest absolute Gasteiger partial charge is 0.336 e. The van der Waals surface area contributed by atoms with Crippen molar-refractivity contribution in [2.75, 3.05) is 40.3 Å². The Kier molecular flexibility index (Phi) is 5.38. The van der Waals surface area contributed by atoms with E-state index in [-0.39, 0.29) is 12.5 Å². The normalized spacial score (nSPS) is 17.5. The van der Waals surface area contributed by atoms with Crippen molar-refractivity contribution in [1.82, 2.24) is 18.5 Å². The van der Waals surface area contributed by atoms with Crippen LogP contribution in [0.5, 0.6) is 0 Å². The maximum absolute atomic E-state index is 12.4. The Morgan fingerprint density at radius 2 is 1.95 bits per heavy atom. The molecule has 9 heteroatoms. The van der Waals surface area contributed by atoms with Crippen LogP contribution in [-0.2, 0) is 10.2 Å². The first-order valence-electron chi connectivity index (χ1n) is 6.91. The summed E-state index contributed by atoms with van der Waals surface area (Å²) in [6.07, 6.45) is 2.02. The van der Waals surface area contributed by atoms with Gasteiger partial charge in [-0.1, -0.05) is 11.6 Å². The van der Waals surface area contributed by atoms with Crippen LogP contribution in [0.25, 0.3) is 0 Å². The summed E-state index contributed by atoms with van der Waals surface area (Å²) in [5.41, 5.74) is 0.313. The van der Waals surface area contributed by atoms with Gasteiger partial charge >= 0.3 is 0 Å². The molecule has 0 spiro atoms. The first-order valence-corrected chi connectivity index (χ1v) is 8.68. The van der Waals surface area contributed by atoms with E-state index in [4.69, 9.17) is 11.6 Å². The van der Waals surface area contributed by atoms with Crippen LogP contribution in [0.1, 0.15) is 16.9 Å². The number of carbonyl (C=O) groups excluding carboxylic acids is 1. The molecule has 0 N–H and O–H groups in total. The summed E-state index contributed by atoms with van der Waals surface area (Å²) in [4.78, 5) is 18.0. The number of nitrogens with zero attached hydrogens (tertiary/aromatic N) is 4. The fourth-order valence-electron chi connectivity index (χ4n) is 2.22. The van der Waals surface area contributed by atoms with Gasteiger partial charge in [0.2, 0.25) is 0 Å². The molecule has 1 aromatic heterocycles. The number of hydrogen-bond acceptors (Lipinski definition) is 4. The van der Waals surface area contributed by atoms with Crippen molar-refractivity contribution in [2.45, 2.75) is 6.42 Å². The lowest BCUT2D eigenvalue weighted by atomic mass is 10.3. The van der Waals surface area contributed by atoms with E-state index in [9.17, 15) is 13.2 Å². The predicted molar refractivity (Wildman–Crippen MR) is 83.9 cm³/mol. The summed E-state index contributed by atoms with van der Waals surface area (Å²) in [7, 11) is -0.445. The number of hydrogen-bond donors (Lipinski definition) is 0. The van der Waals surface area contributed by atoms with Gasteiger partial charge in [-0.25, -0.2) is 4.98 Å². The van der Waals surface area contributed by atoms with Crippen molar-refractivity contribution < 1.29 is 13.2 Å². The number of rotatable bonds is 3. The molecule has 1 aliphatic rings. The Morgan fingerprint density at radius 3 is 2.55 bits per heavy atom. The first kappa shape index (κ1) is 17.1. The average molecular weight is 347 g/mol. The van der Waals surface area contributed by atoms with Gasteiger partial charge in [-0.05, 0) is 18.6 Å². The van der Waals surface area contributed by atoms with Gasteiger partial charge in [-0.2, -0.15) is 17.0 Å². The minimum atomic E-state index is -3.45. The van der Waals surface area contributed by atoms with E-state index < -0.39 is 10.2 Å². The van der Waals surface area contributed by atoms with Gasteiger partial charge in [0.05, 0.1) is 5.02 Å². The summed E-state index contributed by atoms with van der Waals surface area (Å²) in [6, 6.07) is 3.19. The van der Waals surface area contributed by atoms with Crippen LogP contribution in [0.4, 0.5) is 0 Å². The Hall–Kier alpha value is -1.22. The lowest BCUT2D eigenvalue weighted by Crippen LogP contribution is -2.42. The van der Waals surface area contributed by atoms with Crippen molar-refractivity contribution in [3.63, 3.8) is 0 Å². The van der Waals surface area contributed by atoms with E-state index in [0.29, 0.717) is 36.8 Å². The van der Waals surface area contributed by atoms with Crippen molar-refractivity contribution >= 4 is 27.7 Å². The summed E-state index contributed by atoms with van der Waals surface area (Å²) >= 11 is 5.76. The molecule has 0 aromatic carbocycles. The number of carbonyl (C=O) groups is 1. The quantitative estimate of drug-likeness (QED) is 0.807. The number of amides is 1. The van der Waals surface area contributed by atoms with Gasteiger partial charge in [-0.3, -0.25) is 4.79 Å². The monoisotopic (exact) mass is 346 g/mol. The molecule has 2 rings (SSSR count). The van der Waals surface area contributed by atoms with Crippen molar-refractivity contribution in [3.8, 4) is 0 Å². The van der Waals surface area contributed by atoms with E-state index in [1.165, 1.54) is 28.9 Å². The highest BCUT2D eigenvalue weighted by Crippen LogP contribution is 2.13. The molecule has 0 aliphatic carbocycles. The van der Waals surface area contributed by atoms with Crippen LogP contribution in [0.2, 0.25) is 5.02 Å². The number of pyridine rings is 1. The third-order valence-electron chi connectivity index (χ3n) is 3.48. The molecular weight excluding hydrogens is 328 g/mol. The minimum absolute atomic E-state index is 0.208. The van der Waals surface area contributed by atoms with E-state index >= 15 is 0 Å². The zero-order valence-electron chi connectivity index (χ0n) is 12.6. The molecule has 22 heavy (non-hydrogen) atoms. The lowest BCUT2D eigenvalue weighted by Gasteiger charge is -2.24. The smallest absolute Gasteiger partial charge is 0.281 e. The van der Waals surface area contributed by atoms with Gasteiger partial charge < -0.3 is 4.90 Å². The van der Waals surface area contributed by atoms with Gasteiger partial charge in [0, 0.05) is 46.5 Å². The fourth-order valence-corrected chi connectivity index (χ4v) is 3.47. The highest BCUT2D eigenvalue weighted by molar-refractivity contribution is 7.86. The molecule has 7 nitrogen and oxygen atoms in total. The highest BCUT2D eigenvalue weighted by Gasteiger charge is 2.28. The molecule has 0 saturated carbocycles. The Bertz CT molecular complexity index is 633. The molecule has 0 atom stereocenters. The van der Waals surface area contributed by atoms with Gasteiger partial charge in [-0.15, -0.1) is 0 Å². The maximum atomic E-state index is 12.4. The molecule has 0 radical (unpaired) electrons. The summed E-state index contributed by atoms with van der Waals surface area (Å²) < 4.78 is 26.9. The second-order valence-corrected chi connectivity index (χ2v) is 7.78. The molecule has 1 amide bonds. The van der Waals surface area contributed by atoms with E-state index in [1.807, 2.05) is 0 Å². The van der Waals surface area contributed by atoms with Crippen molar-refractivity contribution in [1.29, 1.82) is 0 Å². The summed E-state index contributed by atoms with van der Waals surface area (Å²) in [6.45, 7) is 1.52.